The first kappa shape index (κ1) is 19.5. The van der Waals surface area contributed by atoms with Gasteiger partial charge < -0.3 is 5.11 Å². The molecule has 33 heavy (non-hydrogen) atoms. The number of aliphatic hydroxyl groups excluding tert-OH is 1. The van der Waals surface area contributed by atoms with Crippen molar-refractivity contribution in [1.82, 2.24) is 23.7 Å². The maximum absolute atomic E-state index is 13.3. The number of imidazole rings is 1. The largest absolute Gasteiger partial charge is 0.388 e. The van der Waals surface area contributed by atoms with E-state index in [0.29, 0.717) is 29.7 Å². The number of aliphatic hydroxyl groups is 1. The molecule has 8 heteroatoms. The first-order valence-corrected chi connectivity index (χ1v) is 10.8. The predicted molar refractivity (Wildman–Crippen MR) is 123 cm³/mol. The fraction of sp³-hybridized carbons (Fsp3) is 0.200. The number of aromatic nitrogens is 5. The first-order valence-electron chi connectivity index (χ1n) is 10.8. The van der Waals surface area contributed by atoms with E-state index in [1.807, 2.05) is 36.4 Å². The van der Waals surface area contributed by atoms with E-state index >= 15 is 0 Å². The van der Waals surface area contributed by atoms with Gasteiger partial charge in [-0.05, 0) is 48.2 Å². The summed E-state index contributed by atoms with van der Waals surface area (Å²) in [6, 6.07) is 17.0. The molecule has 162 valence electrons. The lowest BCUT2D eigenvalue weighted by Crippen LogP contribution is -2.30. The fourth-order valence-corrected chi connectivity index (χ4v) is 4.93. The highest BCUT2D eigenvalue weighted by atomic mass is 16.3. The first-order chi connectivity index (χ1) is 16.1. The summed E-state index contributed by atoms with van der Waals surface area (Å²) in [4.78, 5) is 18.3. The van der Waals surface area contributed by atoms with Crippen LogP contribution < -0.4 is 5.69 Å². The molecule has 0 bridgehead atoms. The third kappa shape index (κ3) is 2.83. The Bertz CT molecular complexity index is 1650. The van der Waals surface area contributed by atoms with Crippen LogP contribution >= 0.6 is 0 Å². The summed E-state index contributed by atoms with van der Waals surface area (Å²) in [5, 5.41) is 24.2. The molecule has 1 aliphatic rings. The van der Waals surface area contributed by atoms with Crippen LogP contribution in [0.2, 0.25) is 0 Å². The van der Waals surface area contributed by atoms with E-state index in [-0.39, 0.29) is 11.7 Å². The van der Waals surface area contributed by atoms with E-state index in [2.05, 4.69) is 11.2 Å². The van der Waals surface area contributed by atoms with Crippen molar-refractivity contribution < 1.29 is 5.11 Å². The van der Waals surface area contributed by atoms with Gasteiger partial charge in [-0.25, -0.2) is 14.3 Å². The summed E-state index contributed by atoms with van der Waals surface area (Å²) in [6.07, 6.45) is 4.17. The Kier molecular flexibility index (Phi) is 4.22. The zero-order chi connectivity index (χ0) is 22.7. The molecule has 0 spiro atoms. The van der Waals surface area contributed by atoms with Crippen LogP contribution in [0.4, 0.5) is 0 Å². The minimum Gasteiger partial charge on any atom is -0.388 e. The molecule has 0 aliphatic heterocycles. The summed E-state index contributed by atoms with van der Waals surface area (Å²) >= 11 is 0. The molecule has 0 saturated heterocycles. The molecule has 0 radical (unpaired) electrons. The Morgan fingerprint density at radius 3 is 2.73 bits per heavy atom. The van der Waals surface area contributed by atoms with Gasteiger partial charge in [-0.15, -0.1) is 0 Å². The van der Waals surface area contributed by atoms with Gasteiger partial charge in [0.2, 0.25) is 0 Å². The van der Waals surface area contributed by atoms with Crippen LogP contribution in [0.5, 0.6) is 0 Å². The van der Waals surface area contributed by atoms with Crippen molar-refractivity contribution >= 4 is 16.7 Å². The van der Waals surface area contributed by atoms with Crippen LogP contribution in [0.15, 0.2) is 65.7 Å². The maximum atomic E-state index is 13.3. The van der Waals surface area contributed by atoms with Gasteiger partial charge in [-0.2, -0.15) is 10.4 Å². The molecule has 1 aliphatic carbocycles. The fourth-order valence-electron chi connectivity index (χ4n) is 4.93. The maximum Gasteiger partial charge on any atom is 0.330 e. The lowest BCUT2D eigenvalue weighted by atomic mass is 9.85. The second-order valence-electron chi connectivity index (χ2n) is 8.40. The summed E-state index contributed by atoms with van der Waals surface area (Å²) in [5.74, 6) is 0. The minimum atomic E-state index is -0.528. The van der Waals surface area contributed by atoms with E-state index in [1.54, 1.807) is 45.2 Å². The van der Waals surface area contributed by atoms with Gasteiger partial charge in [-0.3, -0.25) is 9.13 Å². The molecule has 4 heterocycles. The van der Waals surface area contributed by atoms with Crippen LogP contribution in [0.1, 0.15) is 41.7 Å². The number of hydrogen-bond donors (Lipinski definition) is 1. The van der Waals surface area contributed by atoms with Gasteiger partial charge in [-0.1, -0.05) is 24.3 Å². The quantitative estimate of drug-likeness (QED) is 0.457. The van der Waals surface area contributed by atoms with Crippen molar-refractivity contribution in [1.29, 1.82) is 5.26 Å². The molecular weight excluding hydrogens is 416 g/mol. The molecule has 0 amide bonds. The van der Waals surface area contributed by atoms with Crippen LogP contribution in [0.3, 0.4) is 0 Å². The van der Waals surface area contributed by atoms with Crippen LogP contribution in [-0.2, 0) is 7.05 Å². The zero-order valence-corrected chi connectivity index (χ0v) is 17.9. The molecule has 8 nitrogen and oxygen atoms in total. The highest BCUT2D eigenvalue weighted by Crippen LogP contribution is 2.39. The van der Waals surface area contributed by atoms with Crippen molar-refractivity contribution in [3.05, 3.63) is 88.1 Å². The number of rotatable bonds is 2. The molecule has 1 N–H and O–H groups in total. The molecule has 2 unspecified atom stereocenters. The van der Waals surface area contributed by atoms with Crippen LogP contribution in [0, 0.1) is 11.3 Å². The molecular formula is C25H20N6O2. The number of hydrogen-bond acceptors (Lipinski definition) is 5. The number of pyridine rings is 2. The standard InChI is InChI=1S/C25H20N6O2/c1-29-21-7-6-19(18-14-27-30-11-10-15(13-26)12-22(18)30)28-24(21)31(25(29)33)20-8-9-23(32)17-5-3-2-4-16(17)20/h2-7,10-12,14,20,23,32H,8-9H2,1H3. The van der Waals surface area contributed by atoms with Crippen LogP contribution in [0.25, 0.3) is 27.9 Å². The zero-order valence-electron chi connectivity index (χ0n) is 17.9. The van der Waals surface area contributed by atoms with Crippen molar-refractivity contribution in [3.8, 4) is 17.3 Å². The van der Waals surface area contributed by atoms with E-state index in [4.69, 9.17) is 4.98 Å². The van der Waals surface area contributed by atoms with Gasteiger partial charge >= 0.3 is 5.69 Å². The Hall–Kier alpha value is -4.22. The Balaban J connectivity index is 1.58. The van der Waals surface area contributed by atoms with Gasteiger partial charge in [0.15, 0.2) is 5.65 Å². The van der Waals surface area contributed by atoms with Crippen molar-refractivity contribution in [2.45, 2.75) is 25.0 Å². The summed E-state index contributed by atoms with van der Waals surface area (Å²) < 4.78 is 5.07. The average Bonchev–Trinajstić information content (AvgIpc) is 3.38. The number of nitriles is 1. The molecule has 0 saturated carbocycles. The average molecular weight is 436 g/mol. The van der Waals surface area contributed by atoms with E-state index < -0.39 is 6.10 Å². The molecule has 2 atom stereocenters. The molecule has 6 rings (SSSR count). The number of benzene rings is 1. The van der Waals surface area contributed by atoms with Crippen molar-refractivity contribution in [2.24, 2.45) is 7.05 Å². The summed E-state index contributed by atoms with van der Waals surface area (Å²) in [5.41, 5.74) is 5.78. The number of fused-ring (bicyclic) bond motifs is 3. The van der Waals surface area contributed by atoms with Gasteiger partial charge in [0.1, 0.15) is 0 Å². The van der Waals surface area contributed by atoms with E-state index in [0.717, 1.165) is 27.7 Å². The Labute approximate surface area is 188 Å². The third-order valence-corrected chi connectivity index (χ3v) is 6.60. The monoisotopic (exact) mass is 436 g/mol. The van der Waals surface area contributed by atoms with Gasteiger partial charge in [0, 0.05) is 18.8 Å². The van der Waals surface area contributed by atoms with Crippen molar-refractivity contribution in [2.75, 3.05) is 0 Å². The molecule has 5 aromatic rings. The second-order valence-corrected chi connectivity index (χ2v) is 8.40. The number of nitrogens with zero attached hydrogens (tertiary/aromatic N) is 6. The normalized spacial score (nSPS) is 17.8. The molecule has 4 aromatic heterocycles. The SMILES string of the molecule is Cn1c(=O)n(C2CCC(O)c3ccccc32)c2nc(-c3cnn4ccc(C#N)cc34)ccc21. The van der Waals surface area contributed by atoms with Crippen molar-refractivity contribution in [3.63, 3.8) is 0 Å². The minimum absolute atomic E-state index is 0.141. The lowest BCUT2D eigenvalue weighted by molar-refractivity contribution is 0.147. The lowest BCUT2D eigenvalue weighted by Gasteiger charge is -2.29. The molecule has 0 fully saturated rings. The molecule has 1 aromatic carbocycles. The highest BCUT2D eigenvalue weighted by Gasteiger charge is 2.30. The predicted octanol–water partition coefficient (Wildman–Crippen LogP) is 3.34. The Morgan fingerprint density at radius 2 is 1.91 bits per heavy atom. The number of aryl methyl sites for hydroxylation is 1. The summed E-state index contributed by atoms with van der Waals surface area (Å²) in [6.45, 7) is 0. The highest BCUT2D eigenvalue weighted by molar-refractivity contribution is 5.83. The smallest absolute Gasteiger partial charge is 0.330 e. The Morgan fingerprint density at radius 1 is 1.09 bits per heavy atom. The second kappa shape index (κ2) is 7.15. The van der Waals surface area contributed by atoms with Gasteiger partial charge in [0.25, 0.3) is 0 Å². The van der Waals surface area contributed by atoms with Crippen LogP contribution in [-0.4, -0.2) is 28.8 Å². The summed E-state index contributed by atoms with van der Waals surface area (Å²) in [7, 11) is 1.75. The van der Waals surface area contributed by atoms with E-state index in [9.17, 15) is 15.2 Å². The van der Waals surface area contributed by atoms with Gasteiger partial charge in [0.05, 0.1) is 46.7 Å². The van der Waals surface area contributed by atoms with E-state index in [1.165, 1.54) is 0 Å². The topological polar surface area (TPSA) is 101 Å². The third-order valence-electron chi connectivity index (χ3n) is 6.60.